The van der Waals surface area contributed by atoms with E-state index in [9.17, 15) is 0 Å². The number of furan rings is 1. The number of hydrogen-bond donors (Lipinski definition) is 0. The lowest BCUT2D eigenvalue weighted by molar-refractivity contribution is 0.559. The topological polar surface area (TPSA) is 73.5 Å². The number of halogens is 2. The number of nitrogens with zero attached hydrogens (tertiary/aromatic N) is 6. The Balaban J connectivity index is 1.53. The van der Waals surface area contributed by atoms with Gasteiger partial charge < -0.3 is 4.42 Å². The van der Waals surface area contributed by atoms with Gasteiger partial charge in [0.1, 0.15) is 12.1 Å². The van der Waals surface area contributed by atoms with E-state index in [1.165, 1.54) is 16.4 Å². The second-order valence-electron chi connectivity index (χ2n) is 4.95. The molecule has 0 saturated heterocycles. The lowest BCUT2D eigenvalue weighted by Crippen LogP contribution is -1.90. The minimum atomic E-state index is 0.507. The summed E-state index contributed by atoms with van der Waals surface area (Å²) in [5, 5.41) is 18.7. The first-order valence-corrected chi connectivity index (χ1v) is 8.88. The van der Waals surface area contributed by atoms with Crippen LogP contribution in [0.4, 0.5) is 0 Å². The van der Waals surface area contributed by atoms with Gasteiger partial charge in [0.05, 0.1) is 12.5 Å². The first-order chi connectivity index (χ1) is 12.2. The SMILES string of the molecule is Clc1ccc(CSc2nnc3n(N=Cc4ccco4)cnn23)c(Cl)c1. The van der Waals surface area contributed by atoms with Crippen molar-refractivity contribution in [1.82, 2.24) is 24.5 Å². The molecule has 4 rings (SSSR count). The van der Waals surface area contributed by atoms with Crippen molar-refractivity contribution >= 4 is 47.0 Å². The third-order valence-electron chi connectivity index (χ3n) is 3.30. The fourth-order valence-electron chi connectivity index (χ4n) is 2.09. The Morgan fingerprint density at radius 1 is 1.24 bits per heavy atom. The molecular weight excluding hydrogens is 383 g/mol. The van der Waals surface area contributed by atoms with Gasteiger partial charge in [0.2, 0.25) is 5.16 Å². The van der Waals surface area contributed by atoms with Crippen LogP contribution in [0.3, 0.4) is 0 Å². The maximum absolute atomic E-state index is 6.19. The highest BCUT2D eigenvalue weighted by molar-refractivity contribution is 7.98. The van der Waals surface area contributed by atoms with E-state index >= 15 is 0 Å². The monoisotopic (exact) mass is 392 g/mol. The molecule has 10 heteroatoms. The minimum absolute atomic E-state index is 0.507. The predicted molar refractivity (Wildman–Crippen MR) is 96.5 cm³/mol. The molecule has 3 aromatic heterocycles. The van der Waals surface area contributed by atoms with Gasteiger partial charge in [-0.1, -0.05) is 41.0 Å². The van der Waals surface area contributed by atoms with Crippen LogP contribution < -0.4 is 0 Å². The van der Waals surface area contributed by atoms with E-state index in [4.69, 9.17) is 27.6 Å². The van der Waals surface area contributed by atoms with Gasteiger partial charge in [-0.05, 0) is 29.8 Å². The van der Waals surface area contributed by atoms with Crippen molar-refractivity contribution in [3.63, 3.8) is 0 Å². The molecule has 0 bridgehead atoms. The smallest absolute Gasteiger partial charge is 0.275 e. The minimum Gasteiger partial charge on any atom is -0.463 e. The summed E-state index contributed by atoms with van der Waals surface area (Å²) in [5.41, 5.74) is 0.961. The van der Waals surface area contributed by atoms with E-state index < -0.39 is 0 Å². The van der Waals surface area contributed by atoms with Gasteiger partial charge in [-0.3, -0.25) is 0 Å². The van der Waals surface area contributed by atoms with Crippen LogP contribution in [0.2, 0.25) is 10.0 Å². The molecule has 0 unspecified atom stereocenters. The van der Waals surface area contributed by atoms with E-state index in [-0.39, 0.29) is 0 Å². The first kappa shape index (κ1) is 16.2. The summed E-state index contributed by atoms with van der Waals surface area (Å²) in [5.74, 6) is 1.77. The summed E-state index contributed by atoms with van der Waals surface area (Å²) < 4.78 is 8.35. The maximum Gasteiger partial charge on any atom is 0.275 e. The van der Waals surface area contributed by atoms with E-state index in [0.717, 1.165) is 5.56 Å². The Labute approximate surface area is 156 Å². The number of hydrogen-bond acceptors (Lipinski definition) is 6. The van der Waals surface area contributed by atoms with Gasteiger partial charge in [-0.25, -0.2) is 0 Å². The van der Waals surface area contributed by atoms with Crippen LogP contribution in [0.1, 0.15) is 11.3 Å². The molecule has 126 valence electrons. The van der Waals surface area contributed by atoms with Crippen molar-refractivity contribution in [3.8, 4) is 0 Å². The van der Waals surface area contributed by atoms with Crippen LogP contribution in [-0.4, -0.2) is 30.7 Å². The molecule has 4 aromatic rings. The van der Waals surface area contributed by atoms with Crippen molar-refractivity contribution in [3.05, 3.63) is 64.3 Å². The van der Waals surface area contributed by atoms with Gasteiger partial charge in [-0.2, -0.15) is 19.4 Å². The van der Waals surface area contributed by atoms with E-state index in [0.29, 0.717) is 32.5 Å². The molecule has 7 nitrogen and oxygen atoms in total. The maximum atomic E-state index is 6.19. The van der Waals surface area contributed by atoms with Crippen molar-refractivity contribution < 1.29 is 4.42 Å². The van der Waals surface area contributed by atoms with Crippen molar-refractivity contribution in [2.75, 3.05) is 0 Å². The molecule has 1 aromatic carbocycles. The molecule has 0 aliphatic carbocycles. The van der Waals surface area contributed by atoms with Crippen LogP contribution in [0.5, 0.6) is 0 Å². The molecule has 0 amide bonds. The molecule has 3 heterocycles. The molecule has 0 saturated carbocycles. The summed E-state index contributed by atoms with van der Waals surface area (Å²) in [6.45, 7) is 0. The predicted octanol–water partition coefficient (Wildman–Crippen LogP) is 4.00. The highest BCUT2D eigenvalue weighted by Gasteiger charge is 2.12. The number of aromatic nitrogens is 5. The van der Waals surface area contributed by atoms with E-state index in [1.54, 1.807) is 47.6 Å². The summed E-state index contributed by atoms with van der Waals surface area (Å²) in [6, 6.07) is 9.01. The van der Waals surface area contributed by atoms with Gasteiger partial charge in [0, 0.05) is 15.8 Å². The molecular formula is C15H10Cl2N6OS. The molecule has 0 spiro atoms. The van der Waals surface area contributed by atoms with Crippen molar-refractivity contribution in [1.29, 1.82) is 0 Å². The molecule has 0 aliphatic rings. The first-order valence-electron chi connectivity index (χ1n) is 7.14. The number of rotatable bonds is 5. The Morgan fingerprint density at radius 3 is 2.96 bits per heavy atom. The molecule has 0 fully saturated rings. The second kappa shape index (κ2) is 6.91. The Hall–Kier alpha value is -2.29. The number of benzene rings is 1. The lowest BCUT2D eigenvalue weighted by atomic mass is 10.2. The zero-order valence-electron chi connectivity index (χ0n) is 12.6. The van der Waals surface area contributed by atoms with Crippen molar-refractivity contribution in [2.24, 2.45) is 5.10 Å². The second-order valence-corrected chi connectivity index (χ2v) is 6.74. The summed E-state index contributed by atoms with van der Waals surface area (Å²) in [6.07, 6.45) is 4.72. The van der Waals surface area contributed by atoms with Gasteiger partial charge in [0.15, 0.2) is 0 Å². The molecule has 0 aliphatic heterocycles. The van der Waals surface area contributed by atoms with Gasteiger partial charge in [-0.15, -0.1) is 10.2 Å². The Morgan fingerprint density at radius 2 is 2.16 bits per heavy atom. The quantitative estimate of drug-likeness (QED) is 0.379. The molecule has 0 atom stereocenters. The summed E-state index contributed by atoms with van der Waals surface area (Å²) in [4.78, 5) is 0. The lowest BCUT2D eigenvalue weighted by Gasteiger charge is -2.02. The fourth-order valence-corrected chi connectivity index (χ4v) is 3.53. The fraction of sp³-hybridized carbons (Fsp3) is 0.0667. The zero-order chi connectivity index (χ0) is 17.2. The van der Waals surface area contributed by atoms with Crippen LogP contribution in [0.15, 0.2) is 57.6 Å². The number of thioether (sulfide) groups is 1. The standard InChI is InChI=1S/C15H10Cl2N6OS/c16-11-4-3-10(13(17)6-11)8-25-15-21-20-14-22(9-19-23(14)15)18-7-12-2-1-5-24-12/h1-7,9H,8H2. The molecule has 0 N–H and O–H groups in total. The molecule has 0 radical (unpaired) electrons. The van der Waals surface area contributed by atoms with Gasteiger partial charge in [0.25, 0.3) is 5.78 Å². The average Bonchev–Trinajstić information content (AvgIpc) is 3.31. The largest absolute Gasteiger partial charge is 0.463 e. The Kier molecular flexibility index (Phi) is 4.48. The van der Waals surface area contributed by atoms with Crippen LogP contribution in [-0.2, 0) is 5.75 Å². The van der Waals surface area contributed by atoms with Crippen LogP contribution >= 0.6 is 35.0 Å². The van der Waals surface area contributed by atoms with E-state index in [2.05, 4.69) is 20.4 Å². The zero-order valence-corrected chi connectivity index (χ0v) is 14.9. The normalized spacial score (nSPS) is 11.8. The average molecular weight is 393 g/mol. The van der Waals surface area contributed by atoms with Crippen LogP contribution in [0, 0.1) is 0 Å². The van der Waals surface area contributed by atoms with Crippen molar-refractivity contribution in [2.45, 2.75) is 10.9 Å². The Bertz CT molecular complexity index is 1040. The third kappa shape index (κ3) is 3.41. The van der Waals surface area contributed by atoms with E-state index in [1.807, 2.05) is 6.07 Å². The number of fused-ring (bicyclic) bond motifs is 1. The highest BCUT2D eigenvalue weighted by Crippen LogP contribution is 2.27. The molecule has 25 heavy (non-hydrogen) atoms. The summed E-state index contributed by atoms with van der Waals surface area (Å²) in [7, 11) is 0. The third-order valence-corrected chi connectivity index (χ3v) is 4.86. The van der Waals surface area contributed by atoms with Gasteiger partial charge >= 0.3 is 0 Å². The highest BCUT2D eigenvalue weighted by atomic mass is 35.5. The van der Waals surface area contributed by atoms with Crippen LogP contribution in [0.25, 0.3) is 5.78 Å². The summed E-state index contributed by atoms with van der Waals surface area (Å²) >= 11 is 13.6.